The van der Waals surface area contributed by atoms with Gasteiger partial charge in [-0.05, 0) is 18.4 Å². The number of halogens is 1. The molecule has 2 heterocycles. The zero-order valence-electron chi connectivity index (χ0n) is 11.2. The van der Waals surface area contributed by atoms with Crippen molar-refractivity contribution >= 4 is 27.0 Å². The first-order valence-electron chi connectivity index (χ1n) is 7.22. The maximum atomic E-state index is 4.44. The first-order valence-corrected chi connectivity index (χ1v) is 8.34. The summed E-state index contributed by atoms with van der Waals surface area (Å²) in [6, 6.07) is 2.20. The van der Waals surface area contributed by atoms with E-state index in [1.165, 1.54) is 44.2 Å². The van der Waals surface area contributed by atoms with Crippen LogP contribution in [0.1, 0.15) is 44.2 Å². The summed E-state index contributed by atoms with van der Waals surface area (Å²) in [4.78, 5) is 8.56. The maximum absolute atomic E-state index is 4.44. The number of aromatic nitrogens is 3. The van der Waals surface area contributed by atoms with Gasteiger partial charge in [-0.15, -0.1) is 0 Å². The third-order valence-corrected chi connectivity index (χ3v) is 4.84. The molecule has 0 aromatic carbocycles. The van der Waals surface area contributed by atoms with E-state index < -0.39 is 0 Å². The molecule has 0 atom stereocenters. The quantitative estimate of drug-likeness (QED) is 0.786. The fourth-order valence-corrected chi connectivity index (χ4v) is 3.67. The average Bonchev–Trinajstić information content (AvgIpc) is 2.84. The maximum Gasteiger partial charge on any atom is 0.143 e. The second-order valence-electron chi connectivity index (χ2n) is 5.52. The molecule has 4 heteroatoms. The van der Waals surface area contributed by atoms with Gasteiger partial charge in [0.1, 0.15) is 12.0 Å². The largest absolute Gasteiger partial charge is 0.329 e. The second-order valence-corrected chi connectivity index (χ2v) is 6.08. The van der Waals surface area contributed by atoms with Crippen LogP contribution < -0.4 is 0 Å². The lowest BCUT2D eigenvalue weighted by molar-refractivity contribution is 0.324. The fraction of sp³-hybridized carbons (Fsp3) is 0.600. The fourth-order valence-electron chi connectivity index (χ4n) is 3.20. The zero-order valence-corrected chi connectivity index (χ0v) is 12.8. The highest BCUT2D eigenvalue weighted by atomic mass is 79.9. The van der Waals surface area contributed by atoms with Gasteiger partial charge in [-0.1, -0.05) is 48.0 Å². The molecule has 0 amide bonds. The van der Waals surface area contributed by atoms with Gasteiger partial charge in [-0.2, -0.15) is 0 Å². The minimum atomic E-state index is 0.883. The van der Waals surface area contributed by atoms with Crippen LogP contribution in [0.3, 0.4) is 0 Å². The predicted octanol–water partition coefficient (Wildman–Crippen LogP) is 4.30. The van der Waals surface area contributed by atoms with Crippen molar-refractivity contribution in [3.63, 3.8) is 0 Å². The molecule has 102 valence electrons. The SMILES string of the molecule is BrCc1cc2cncnc2n1CCC1CCCCC1. The van der Waals surface area contributed by atoms with Crippen molar-refractivity contribution in [1.82, 2.24) is 14.5 Å². The van der Waals surface area contributed by atoms with Crippen molar-refractivity contribution in [3.8, 4) is 0 Å². The van der Waals surface area contributed by atoms with Crippen LogP contribution in [0.25, 0.3) is 11.0 Å². The molecule has 19 heavy (non-hydrogen) atoms. The molecule has 0 unspecified atom stereocenters. The smallest absolute Gasteiger partial charge is 0.143 e. The summed E-state index contributed by atoms with van der Waals surface area (Å²) in [6.07, 6.45) is 11.9. The van der Waals surface area contributed by atoms with Gasteiger partial charge >= 0.3 is 0 Å². The Hall–Kier alpha value is -0.900. The highest BCUT2D eigenvalue weighted by molar-refractivity contribution is 9.08. The summed E-state index contributed by atoms with van der Waals surface area (Å²) in [5, 5.41) is 2.04. The number of rotatable bonds is 4. The van der Waals surface area contributed by atoms with Crippen LogP contribution in [0, 0.1) is 5.92 Å². The van der Waals surface area contributed by atoms with Crippen molar-refractivity contribution in [2.45, 2.75) is 50.4 Å². The molecule has 1 fully saturated rings. The first kappa shape index (κ1) is 13.1. The predicted molar refractivity (Wildman–Crippen MR) is 81.4 cm³/mol. The third-order valence-electron chi connectivity index (χ3n) is 4.27. The van der Waals surface area contributed by atoms with Crippen LogP contribution >= 0.6 is 15.9 Å². The molecule has 0 spiro atoms. The van der Waals surface area contributed by atoms with E-state index in [0.29, 0.717) is 0 Å². The standard InChI is InChI=1S/C15H20BrN3/c16-9-14-8-13-10-17-11-18-15(13)19(14)7-6-12-4-2-1-3-5-12/h8,10-12H,1-7,9H2. The van der Waals surface area contributed by atoms with Gasteiger partial charge in [0.25, 0.3) is 0 Å². The summed E-state index contributed by atoms with van der Waals surface area (Å²) in [7, 11) is 0. The summed E-state index contributed by atoms with van der Waals surface area (Å²) >= 11 is 3.58. The third kappa shape index (κ3) is 2.83. The van der Waals surface area contributed by atoms with Crippen molar-refractivity contribution in [1.29, 1.82) is 0 Å². The minimum absolute atomic E-state index is 0.883. The van der Waals surface area contributed by atoms with Crippen LogP contribution in [0.4, 0.5) is 0 Å². The van der Waals surface area contributed by atoms with Crippen molar-refractivity contribution < 1.29 is 0 Å². The summed E-state index contributed by atoms with van der Waals surface area (Å²) in [6.45, 7) is 1.09. The highest BCUT2D eigenvalue weighted by Crippen LogP contribution is 2.28. The Bertz CT molecular complexity index is 543. The molecule has 2 aromatic heterocycles. The summed E-state index contributed by atoms with van der Waals surface area (Å²) < 4.78 is 2.36. The molecule has 0 N–H and O–H groups in total. The van der Waals surface area contributed by atoms with Gasteiger partial charge in [-0.3, -0.25) is 0 Å². The number of alkyl halides is 1. The molecule has 2 aromatic rings. The number of hydrogen-bond donors (Lipinski definition) is 0. The van der Waals surface area contributed by atoms with E-state index in [9.17, 15) is 0 Å². The van der Waals surface area contributed by atoms with Gasteiger partial charge < -0.3 is 4.57 Å². The Morgan fingerprint density at radius 2 is 2.11 bits per heavy atom. The van der Waals surface area contributed by atoms with Gasteiger partial charge in [0, 0.05) is 29.2 Å². The lowest BCUT2D eigenvalue weighted by atomic mass is 9.87. The van der Waals surface area contributed by atoms with Gasteiger partial charge in [-0.25, -0.2) is 9.97 Å². The van der Waals surface area contributed by atoms with E-state index in [-0.39, 0.29) is 0 Å². The zero-order chi connectivity index (χ0) is 13.1. The number of fused-ring (bicyclic) bond motifs is 1. The Morgan fingerprint density at radius 3 is 2.89 bits per heavy atom. The molecule has 0 radical (unpaired) electrons. The molecule has 1 aliphatic carbocycles. The van der Waals surface area contributed by atoms with Crippen LogP contribution in [0.2, 0.25) is 0 Å². The topological polar surface area (TPSA) is 30.7 Å². The van der Waals surface area contributed by atoms with Crippen LogP contribution in [-0.2, 0) is 11.9 Å². The number of nitrogens with zero attached hydrogens (tertiary/aromatic N) is 3. The Kier molecular flexibility index (Phi) is 4.16. The normalized spacial score (nSPS) is 17.1. The monoisotopic (exact) mass is 321 g/mol. The van der Waals surface area contributed by atoms with E-state index in [0.717, 1.165) is 28.8 Å². The minimum Gasteiger partial charge on any atom is -0.329 e. The van der Waals surface area contributed by atoms with Crippen LogP contribution in [0.5, 0.6) is 0 Å². The van der Waals surface area contributed by atoms with E-state index in [4.69, 9.17) is 0 Å². The number of hydrogen-bond acceptors (Lipinski definition) is 2. The van der Waals surface area contributed by atoms with E-state index in [1.54, 1.807) is 6.33 Å². The average molecular weight is 322 g/mol. The van der Waals surface area contributed by atoms with Crippen molar-refractivity contribution in [2.24, 2.45) is 5.92 Å². The molecule has 0 aliphatic heterocycles. The Labute approximate surface area is 122 Å². The number of aryl methyl sites for hydroxylation is 1. The highest BCUT2D eigenvalue weighted by Gasteiger charge is 2.15. The lowest BCUT2D eigenvalue weighted by Crippen LogP contribution is -2.11. The molecular formula is C15H20BrN3. The Balaban J connectivity index is 1.78. The second kappa shape index (κ2) is 6.04. The molecule has 0 bridgehead atoms. The molecular weight excluding hydrogens is 302 g/mol. The molecule has 0 saturated heterocycles. The molecule has 3 rings (SSSR count). The van der Waals surface area contributed by atoms with Gasteiger partial charge in [0.2, 0.25) is 0 Å². The van der Waals surface area contributed by atoms with Crippen molar-refractivity contribution in [2.75, 3.05) is 0 Å². The van der Waals surface area contributed by atoms with Crippen LogP contribution in [0.15, 0.2) is 18.6 Å². The van der Waals surface area contributed by atoms with Gasteiger partial charge in [0.15, 0.2) is 0 Å². The first-order chi connectivity index (χ1) is 9.38. The summed E-state index contributed by atoms with van der Waals surface area (Å²) in [5.74, 6) is 0.913. The van der Waals surface area contributed by atoms with Crippen molar-refractivity contribution in [3.05, 3.63) is 24.3 Å². The lowest BCUT2D eigenvalue weighted by Gasteiger charge is -2.22. The Morgan fingerprint density at radius 1 is 1.26 bits per heavy atom. The van der Waals surface area contributed by atoms with E-state index >= 15 is 0 Å². The molecule has 1 saturated carbocycles. The van der Waals surface area contributed by atoms with E-state index in [1.807, 2.05) is 6.20 Å². The van der Waals surface area contributed by atoms with Gasteiger partial charge in [0.05, 0.1) is 0 Å². The molecule has 1 aliphatic rings. The molecule has 3 nitrogen and oxygen atoms in total. The van der Waals surface area contributed by atoms with Crippen LogP contribution in [-0.4, -0.2) is 14.5 Å². The van der Waals surface area contributed by atoms with E-state index in [2.05, 4.69) is 36.5 Å². The summed E-state index contributed by atoms with van der Waals surface area (Å²) in [5.41, 5.74) is 2.39.